The number of carboxylic acid groups (broad SMARTS) is 4. The first-order chi connectivity index (χ1) is 56.8. The molecule has 0 radical (unpaired) electrons. The fraction of sp³-hybridized carbons (Fsp3) is 0.377. The summed E-state index contributed by atoms with van der Waals surface area (Å²) in [6, 6.07) is 3.89. The van der Waals surface area contributed by atoms with E-state index in [0.29, 0.717) is 27.6 Å². The predicted octanol–water partition coefficient (Wildman–Crippen LogP) is -6.05. The van der Waals surface area contributed by atoms with E-state index in [2.05, 4.69) is 70.0 Å². The van der Waals surface area contributed by atoms with E-state index in [4.69, 9.17) is 21.9 Å². The van der Waals surface area contributed by atoms with Crippen molar-refractivity contribution < 1.29 is 126 Å². The van der Waals surface area contributed by atoms with Crippen molar-refractivity contribution in [3.8, 4) is 11.8 Å². The van der Waals surface area contributed by atoms with Gasteiger partial charge in [-0.05, 0) is 99.3 Å². The van der Waals surface area contributed by atoms with Crippen LogP contribution in [0.4, 0.5) is 5.69 Å². The minimum atomic E-state index is -2.47. The number of primary amides is 1. The van der Waals surface area contributed by atoms with Crippen LogP contribution in [0.2, 0.25) is 0 Å². The lowest BCUT2D eigenvalue weighted by Gasteiger charge is -2.30. The lowest BCUT2D eigenvalue weighted by molar-refractivity contribution is -0.156. The number of carboxylic acids is 4. The number of rotatable bonds is 28. The maximum absolute atomic E-state index is 14.9. The first-order valence-corrected chi connectivity index (χ1v) is 37.0. The van der Waals surface area contributed by atoms with E-state index in [1.54, 1.807) is 66.9 Å². The van der Waals surface area contributed by atoms with Gasteiger partial charge in [0.05, 0.1) is 51.8 Å². The highest BCUT2D eigenvalue weighted by atomic mass is 16.5. The van der Waals surface area contributed by atoms with Gasteiger partial charge in [0.1, 0.15) is 72.6 Å². The van der Waals surface area contributed by atoms with Crippen molar-refractivity contribution in [2.24, 2.45) is 17.4 Å². The second-order valence-electron chi connectivity index (χ2n) is 27.5. The molecule has 120 heavy (non-hydrogen) atoms. The molecular formula is C77H91N17O26. The second kappa shape index (κ2) is 45.6. The highest BCUT2D eigenvalue weighted by molar-refractivity contribution is 6.06. The Kier molecular flexibility index (Phi) is 35.7. The highest BCUT2D eigenvalue weighted by Crippen LogP contribution is 2.22. The molecule has 43 heteroatoms. The number of para-hydroxylation sites is 2. The van der Waals surface area contributed by atoms with E-state index in [1.807, 2.05) is 22.0 Å². The molecule has 0 bridgehead atoms. The Morgan fingerprint density at radius 3 is 1.67 bits per heavy atom. The van der Waals surface area contributed by atoms with Crippen molar-refractivity contribution in [2.75, 3.05) is 32.0 Å². The summed E-state index contributed by atoms with van der Waals surface area (Å²) in [6.45, 7) is -1.02. The van der Waals surface area contributed by atoms with Crippen molar-refractivity contribution in [1.29, 1.82) is 0 Å². The summed E-state index contributed by atoms with van der Waals surface area (Å²) in [5, 5.41) is 78.6. The van der Waals surface area contributed by atoms with Crippen LogP contribution in [0.15, 0.2) is 109 Å². The van der Waals surface area contributed by atoms with Gasteiger partial charge in [-0.2, -0.15) is 0 Å². The van der Waals surface area contributed by atoms with Gasteiger partial charge in [-0.15, -0.1) is 0 Å². The Hall–Kier alpha value is -14.7. The molecule has 13 atom stereocenters. The first-order valence-electron chi connectivity index (χ1n) is 37.0. The Balaban J connectivity index is 1.40. The van der Waals surface area contributed by atoms with Crippen LogP contribution >= 0.6 is 0 Å². The number of Topliss-reactive ketones (excluding diaryl/α,β-unsaturated/α-hetero) is 1. The average molecular weight is 1670 g/mol. The number of ether oxygens (including phenoxy) is 1. The molecule has 1 aromatic heterocycles. The SMILES string of the molecule is CC(CC(=O)O)C1NC(=O)[C@@H](CO)NC(=O)CNC(=O)[C@H](CC(=O)O)NC(=O)[C@@H](C)NC(=O)[C@H](CC(=O)O)NC(=O)[C@H](CCCN)NC(=O)CNC(=O)[C@@H](NC(=O)[C@H](CC(=O)O)NC(=O)[C@@H](CC(N)=O)NC(=O)[C@H](Cc2c[nH]c3ccccc23)NC(=O)c2ccc(C#Cc3ccccc3)cc2)[C@@H](C)OC(=O)[C@H](CC(=O)c2ccccc2N)NC1=O. The normalized spacial score (nSPS) is 20.6. The van der Waals surface area contributed by atoms with Crippen LogP contribution in [-0.2, 0) is 97.5 Å². The summed E-state index contributed by atoms with van der Waals surface area (Å²) in [5.41, 5.74) is 19.2. The molecule has 1 fully saturated rings. The Morgan fingerprint density at radius 1 is 0.533 bits per heavy atom. The number of nitrogens with two attached hydrogens (primary N) is 3. The molecule has 1 aliphatic rings. The van der Waals surface area contributed by atoms with E-state index >= 15 is 0 Å². The number of carbonyl (C=O) groups excluding carboxylic acids is 16. The molecule has 0 saturated carbocycles. The van der Waals surface area contributed by atoms with Crippen LogP contribution in [0.25, 0.3) is 10.9 Å². The number of aliphatic hydroxyl groups is 1. The summed E-state index contributed by atoms with van der Waals surface area (Å²) < 4.78 is 5.69. The molecule has 2 heterocycles. The van der Waals surface area contributed by atoms with Gasteiger partial charge in [-0.1, -0.05) is 67.3 Å². The number of aromatic nitrogens is 1. The van der Waals surface area contributed by atoms with Gasteiger partial charge in [0.25, 0.3) is 5.91 Å². The van der Waals surface area contributed by atoms with Gasteiger partial charge in [-0.25, -0.2) is 4.79 Å². The number of nitrogens with one attached hydrogen (secondary N) is 14. The van der Waals surface area contributed by atoms with E-state index in [-0.39, 0.29) is 36.2 Å². The smallest absolute Gasteiger partial charge is 0.329 e. The molecule has 1 saturated heterocycles. The number of anilines is 1. The topological polar surface area (TPSA) is 702 Å². The third-order valence-electron chi connectivity index (χ3n) is 18.1. The Labute approximate surface area is 682 Å². The second-order valence-corrected chi connectivity index (χ2v) is 27.5. The zero-order valence-corrected chi connectivity index (χ0v) is 64.6. The van der Waals surface area contributed by atoms with Crippen LogP contribution in [-0.4, -0.2) is 248 Å². The van der Waals surface area contributed by atoms with Crippen molar-refractivity contribution in [3.05, 3.63) is 137 Å². The van der Waals surface area contributed by atoms with E-state index < -0.39 is 261 Å². The number of hydrogen-bond donors (Lipinski definition) is 22. The standard InChI is InChI=1S/C77H91N17O26/c1-37(26-60(100)101)64-76(118)92-54(28-56(96)45-15-7-9-16-46(45)79)77(119)120-39(3)65(75(117)83-35-58(98)85-48(18-11-25-78)69(111)90-52(31-62(104)105)70(112)84-38(2)66(108)87-51(30-61(102)103)68(110)82-34-59(99)86-55(36-95)74(116)93-64)94-73(115)53(32-63(106)107)91-72(114)50(29-57(80)97)89-71(113)49(27-43-33-81-47-17-10-8-14-44(43)47)88-67(109)42-23-21-41(22-24-42)20-19-40-12-5-4-6-13-40/h4-10,12-17,21-24,33,37-39,48-55,64-65,81,95H,11,18,25-32,34-36,78-79H2,1-3H3,(H2,80,97)(H,82,110)(H,83,117)(H,84,112)(H,85,98)(H,86,99)(H,87,108)(H,88,109)(H,89,113)(H,90,111)(H,91,114)(H,92,118)(H,93,116)(H,94,115)(H,100,101)(H,102,103)(H,104,105)(H,106,107)/t37?,38-,39-,48+,49+,50-,51+,52+,53+,54+,55-,64?,65+/m1/s1. The van der Waals surface area contributed by atoms with Gasteiger partial charge >= 0.3 is 29.8 Å². The first kappa shape index (κ1) is 94.2. The number of aliphatic hydroxyl groups excluding tert-OH is 1. The number of cyclic esters (lactones) is 1. The van der Waals surface area contributed by atoms with Gasteiger partial charge in [-0.3, -0.25) is 91.1 Å². The molecule has 640 valence electrons. The van der Waals surface area contributed by atoms with Gasteiger partial charge in [0.2, 0.25) is 76.8 Å². The van der Waals surface area contributed by atoms with Crippen LogP contribution in [0.1, 0.15) is 110 Å². The van der Waals surface area contributed by atoms with E-state index in [0.717, 1.165) is 20.8 Å². The number of carbonyl (C=O) groups is 20. The number of aromatic amines is 1. The minimum absolute atomic E-state index is 0.0284. The lowest BCUT2D eigenvalue weighted by atomic mass is 9.96. The highest BCUT2D eigenvalue weighted by Gasteiger charge is 2.41. The monoisotopic (exact) mass is 1670 g/mol. The number of amides is 14. The summed E-state index contributed by atoms with van der Waals surface area (Å²) in [4.78, 5) is 278. The number of hydrogen-bond acceptors (Lipinski definition) is 24. The van der Waals surface area contributed by atoms with Crippen LogP contribution in [0.3, 0.4) is 0 Å². The number of benzene rings is 4. The lowest BCUT2D eigenvalue weighted by Crippen LogP contribution is -2.62. The molecule has 25 N–H and O–H groups in total. The van der Waals surface area contributed by atoms with Crippen molar-refractivity contribution in [3.63, 3.8) is 0 Å². The number of fused-ring (bicyclic) bond motifs is 1. The molecule has 1 aliphatic heterocycles. The largest absolute Gasteiger partial charge is 0.481 e. The number of esters is 1. The zero-order chi connectivity index (χ0) is 88.6. The summed E-state index contributed by atoms with van der Waals surface area (Å²) in [5.74, 6) is -24.4. The van der Waals surface area contributed by atoms with Crippen LogP contribution < -0.4 is 86.3 Å². The number of nitrogen functional groups attached to an aromatic ring is 1. The van der Waals surface area contributed by atoms with Gasteiger partial charge in [0, 0.05) is 57.9 Å². The maximum Gasteiger partial charge on any atom is 0.329 e. The average Bonchev–Trinajstić information content (AvgIpc) is 1.23. The van der Waals surface area contributed by atoms with Crippen molar-refractivity contribution >= 4 is 135 Å². The number of H-pyrrole nitrogens is 1. The summed E-state index contributed by atoms with van der Waals surface area (Å²) in [6.07, 6.45) is -8.58. The summed E-state index contributed by atoms with van der Waals surface area (Å²) in [7, 11) is 0. The number of ketones is 1. The fourth-order valence-electron chi connectivity index (χ4n) is 11.8. The third kappa shape index (κ3) is 29.5. The number of aliphatic carboxylic acids is 4. The van der Waals surface area contributed by atoms with Crippen LogP contribution in [0.5, 0.6) is 0 Å². The molecule has 43 nitrogen and oxygen atoms in total. The van der Waals surface area contributed by atoms with Crippen LogP contribution in [0, 0.1) is 17.8 Å². The Bertz CT molecular complexity index is 4760. The molecular weight excluding hydrogens is 1580 g/mol. The quantitative estimate of drug-likeness (QED) is 0.00959. The van der Waals surface area contributed by atoms with Crippen molar-refractivity contribution in [1.82, 2.24) is 74.1 Å². The minimum Gasteiger partial charge on any atom is -0.481 e. The maximum atomic E-state index is 14.9. The van der Waals surface area contributed by atoms with Crippen molar-refractivity contribution in [2.45, 2.75) is 151 Å². The third-order valence-corrected chi connectivity index (χ3v) is 18.1. The fourth-order valence-corrected chi connectivity index (χ4v) is 11.8. The Morgan fingerprint density at radius 2 is 1.07 bits per heavy atom. The van der Waals surface area contributed by atoms with E-state index in [1.165, 1.54) is 36.4 Å². The van der Waals surface area contributed by atoms with Gasteiger partial charge < -0.3 is 122 Å². The molecule has 4 aromatic carbocycles. The molecule has 2 unspecified atom stereocenters. The molecule has 5 aromatic rings. The zero-order valence-electron chi connectivity index (χ0n) is 64.6. The summed E-state index contributed by atoms with van der Waals surface area (Å²) >= 11 is 0. The molecule has 6 rings (SSSR count). The molecule has 14 amide bonds. The van der Waals surface area contributed by atoms with Gasteiger partial charge in [0.15, 0.2) is 5.78 Å². The predicted molar refractivity (Wildman–Crippen MR) is 416 cm³/mol. The molecule has 0 aliphatic carbocycles. The molecule has 0 spiro atoms. The van der Waals surface area contributed by atoms with E-state index in [9.17, 15) is 121 Å².